The molecule has 2 heterocycles. The Morgan fingerprint density at radius 3 is 2.29 bits per heavy atom. The first-order valence-electron chi connectivity index (χ1n) is 10.9. The number of likely N-dealkylation sites (tertiary alicyclic amines) is 1. The lowest BCUT2D eigenvalue weighted by molar-refractivity contribution is -0.139. The van der Waals surface area contributed by atoms with Gasteiger partial charge in [0.1, 0.15) is 0 Å². The van der Waals surface area contributed by atoms with Gasteiger partial charge in [0.15, 0.2) is 0 Å². The standard InChI is InChI=1S/C25H30N2O/c28-23(25(12-6-7-13-25)21-9-2-1-3-10-21)27-16-14-24(15-17-27)19-26-18-20-8-4-5-11-22(20)24/h1-5,8-11,26H,6-7,12-19H2. The molecule has 3 heteroatoms. The van der Waals surface area contributed by atoms with Crippen molar-refractivity contribution < 1.29 is 4.79 Å². The van der Waals surface area contributed by atoms with Gasteiger partial charge in [-0.2, -0.15) is 0 Å². The first-order valence-corrected chi connectivity index (χ1v) is 10.9. The Morgan fingerprint density at radius 2 is 1.54 bits per heavy atom. The zero-order valence-electron chi connectivity index (χ0n) is 16.6. The van der Waals surface area contributed by atoms with E-state index in [4.69, 9.17) is 0 Å². The van der Waals surface area contributed by atoms with Crippen molar-refractivity contribution in [3.63, 3.8) is 0 Å². The van der Waals surface area contributed by atoms with Crippen LogP contribution in [0.25, 0.3) is 0 Å². The predicted octanol–water partition coefficient (Wildman–Crippen LogP) is 4.16. The second-order valence-electron chi connectivity index (χ2n) is 8.99. The van der Waals surface area contributed by atoms with E-state index in [2.05, 4.69) is 64.8 Å². The maximum Gasteiger partial charge on any atom is 0.233 e. The lowest BCUT2D eigenvalue weighted by Gasteiger charge is -2.47. The average Bonchev–Trinajstić information content (AvgIpc) is 3.26. The Bertz CT molecular complexity index is 846. The fraction of sp³-hybridized carbons (Fsp3) is 0.480. The van der Waals surface area contributed by atoms with Crippen molar-refractivity contribution in [2.45, 2.75) is 55.9 Å². The van der Waals surface area contributed by atoms with E-state index in [9.17, 15) is 4.79 Å². The first kappa shape index (κ1) is 17.9. The number of hydrogen-bond donors (Lipinski definition) is 1. The summed E-state index contributed by atoms with van der Waals surface area (Å²) in [6.45, 7) is 3.76. The van der Waals surface area contributed by atoms with Crippen molar-refractivity contribution in [2.75, 3.05) is 19.6 Å². The highest BCUT2D eigenvalue weighted by molar-refractivity contribution is 5.88. The van der Waals surface area contributed by atoms with Crippen molar-refractivity contribution in [3.8, 4) is 0 Å². The summed E-state index contributed by atoms with van der Waals surface area (Å²) in [5.41, 5.74) is 4.09. The van der Waals surface area contributed by atoms with Gasteiger partial charge in [-0.1, -0.05) is 67.4 Å². The van der Waals surface area contributed by atoms with Crippen molar-refractivity contribution in [2.24, 2.45) is 0 Å². The molecule has 0 atom stereocenters. The smallest absolute Gasteiger partial charge is 0.233 e. The molecule has 0 radical (unpaired) electrons. The third-order valence-corrected chi connectivity index (χ3v) is 7.57. The Labute approximate surface area is 168 Å². The number of rotatable bonds is 2. The molecule has 2 aromatic carbocycles. The van der Waals surface area contributed by atoms with Gasteiger partial charge >= 0.3 is 0 Å². The first-order chi connectivity index (χ1) is 13.7. The molecule has 1 saturated heterocycles. The molecule has 3 aliphatic rings. The Kier molecular flexibility index (Phi) is 4.51. The van der Waals surface area contributed by atoms with E-state index >= 15 is 0 Å². The van der Waals surface area contributed by atoms with Gasteiger partial charge in [0, 0.05) is 31.6 Å². The summed E-state index contributed by atoms with van der Waals surface area (Å²) in [5.74, 6) is 0.378. The summed E-state index contributed by atoms with van der Waals surface area (Å²) in [6.07, 6.45) is 6.45. The van der Waals surface area contributed by atoms with E-state index in [1.807, 2.05) is 0 Å². The molecule has 1 aliphatic carbocycles. The normalized spacial score (nSPS) is 22.8. The van der Waals surface area contributed by atoms with Gasteiger partial charge in [-0.15, -0.1) is 0 Å². The van der Waals surface area contributed by atoms with Gasteiger partial charge in [-0.05, 0) is 42.4 Å². The van der Waals surface area contributed by atoms with Crippen LogP contribution >= 0.6 is 0 Å². The second-order valence-corrected chi connectivity index (χ2v) is 8.99. The molecule has 0 unspecified atom stereocenters. The van der Waals surface area contributed by atoms with Gasteiger partial charge in [-0.3, -0.25) is 4.79 Å². The number of nitrogens with zero attached hydrogens (tertiary/aromatic N) is 1. The van der Waals surface area contributed by atoms with E-state index < -0.39 is 0 Å². The minimum absolute atomic E-state index is 0.196. The average molecular weight is 375 g/mol. The Balaban J connectivity index is 1.38. The largest absolute Gasteiger partial charge is 0.342 e. The molecular formula is C25H30N2O. The fourth-order valence-corrected chi connectivity index (χ4v) is 5.97. The molecule has 2 aromatic rings. The van der Waals surface area contributed by atoms with Gasteiger partial charge in [0.05, 0.1) is 5.41 Å². The highest BCUT2D eigenvalue weighted by atomic mass is 16.2. The molecule has 1 N–H and O–H groups in total. The molecule has 2 aliphatic heterocycles. The van der Waals surface area contributed by atoms with E-state index in [0.717, 1.165) is 64.7 Å². The van der Waals surface area contributed by atoms with E-state index in [1.165, 1.54) is 16.7 Å². The number of nitrogens with one attached hydrogen (secondary N) is 1. The van der Waals surface area contributed by atoms with Crippen molar-refractivity contribution in [1.29, 1.82) is 0 Å². The number of hydrogen-bond acceptors (Lipinski definition) is 2. The van der Waals surface area contributed by atoms with Crippen molar-refractivity contribution in [3.05, 3.63) is 71.3 Å². The maximum absolute atomic E-state index is 13.7. The van der Waals surface area contributed by atoms with E-state index in [-0.39, 0.29) is 10.8 Å². The number of benzene rings is 2. The van der Waals surface area contributed by atoms with Crippen molar-refractivity contribution >= 4 is 5.91 Å². The molecular weight excluding hydrogens is 344 g/mol. The van der Waals surface area contributed by atoms with Crippen LogP contribution in [-0.2, 0) is 22.2 Å². The van der Waals surface area contributed by atoms with Crippen LogP contribution in [0.3, 0.4) is 0 Å². The lowest BCUT2D eigenvalue weighted by atomic mass is 9.69. The van der Waals surface area contributed by atoms with Gasteiger partial charge in [0.2, 0.25) is 5.91 Å². The summed E-state index contributed by atoms with van der Waals surface area (Å²) in [6, 6.07) is 19.4. The number of piperidine rings is 1. The molecule has 146 valence electrons. The minimum atomic E-state index is -0.283. The van der Waals surface area contributed by atoms with E-state index in [0.29, 0.717) is 5.91 Å². The summed E-state index contributed by atoms with van der Waals surface area (Å²) in [5, 5.41) is 3.63. The van der Waals surface area contributed by atoms with Crippen LogP contribution in [0.1, 0.15) is 55.2 Å². The van der Waals surface area contributed by atoms with Crippen LogP contribution in [0.5, 0.6) is 0 Å². The molecule has 3 nitrogen and oxygen atoms in total. The Morgan fingerprint density at radius 1 is 0.857 bits per heavy atom. The van der Waals surface area contributed by atoms with Crippen LogP contribution in [0.2, 0.25) is 0 Å². The van der Waals surface area contributed by atoms with Crippen LogP contribution in [0.4, 0.5) is 0 Å². The van der Waals surface area contributed by atoms with Gasteiger partial charge in [0.25, 0.3) is 0 Å². The zero-order valence-corrected chi connectivity index (χ0v) is 16.6. The lowest BCUT2D eigenvalue weighted by Crippen LogP contribution is -2.55. The molecule has 0 bridgehead atoms. The highest BCUT2D eigenvalue weighted by Crippen LogP contribution is 2.45. The highest BCUT2D eigenvalue weighted by Gasteiger charge is 2.47. The molecule has 2 fully saturated rings. The SMILES string of the molecule is O=C(N1CCC2(CC1)CNCc1ccccc12)C1(c2ccccc2)CCCC1. The minimum Gasteiger partial charge on any atom is -0.342 e. The van der Waals surface area contributed by atoms with Gasteiger partial charge in [-0.25, -0.2) is 0 Å². The monoisotopic (exact) mass is 374 g/mol. The summed E-state index contributed by atoms with van der Waals surface area (Å²) in [4.78, 5) is 15.9. The third-order valence-electron chi connectivity index (χ3n) is 7.57. The van der Waals surface area contributed by atoms with Crippen LogP contribution < -0.4 is 5.32 Å². The Hall–Kier alpha value is -2.13. The predicted molar refractivity (Wildman–Crippen MR) is 112 cm³/mol. The molecule has 1 amide bonds. The number of carbonyl (C=O) groups excluding carboxylic acids is 1. The molecule has 1 spiro atoms. The quantitative estimate of drug-likeness (QED) is 0.856. The molecule has 0 aromatic heterocycles. The maximum atomic E-state index is 13.7. The fourth-order valence-electron chi connectivity index (χ4n) is 5.97. The molecule has 5 rings (SSSR count). The van der Waals surface area contributed by atoms with Crippen LogP contribution in [-0.4, -0.2) is 30.4 Å². The molecule has 28 heavy (non-hydrogen) atoms. The second kappa shape index (κ2) is 7.04. The van der Waals surface area contributed by atoms with Crippen LogP contribution in [0, 0.1) is 0 Å². The van der Waals surface area contributed by atoms with E-state index in [1.54, 1.807) is 0 Å². The molecule has 1 saturated carbocycles. The zero-order chi connectivity index (χ0) is 19.0. The number of fused-ring (bicyclic) bond motifs is 2. The van der Waals surface area contributed by atoms with Gasteiger partial charge < -0.3 is 10.2 Å². The summed E-state index contributed by atoms with van der Waals surface area (Å²) in [7, 11) is 0. The third kappa shape index (κ3) is 2.79. The number of carbonyl (C=O) groups is 1. The van der Waals surface area contributed by atoms with Crippen LogP contribution in [0.15, 0.2) is 54.6 Å². The number of amides is 1. The summed E-state index contributed by atoms with van der Waals surface area (Å²) < 4.78 is 0. The van der Waals surface area contributed by atoms with Crippen molar-refractivity contribution in [1.82, 2.24) is 10.2 Å². The topological polar surface area (TPSA) is 32.3 Å². The summed E-state index contributed by atoms with van der Waals surface area (Å²) >= 11 is 0.